The van der Waals surface area contributed by atoms with E-state index in [0.717, 1.165) is 59.7 Å². The van der Waals surface area contributed by atoms with E-state index in [1.165, 1.54) is 36.1 Å². The fourth-order valence-electron chi connectivity index (χ4n) is 5.52. The molecule has 1 aliphatic carbocycles. The molecule has 0 bridgehead atoms. The van der Waals surface area contributed by atoms with Crippen LogP contribution in [0.25, 0.3) is 10.9 Å². The Kier molecular flexibility index (Phi) is 5.38. The minimum Gasteiger partial charge on any atom is -0.322 e. The lowest BCUT2D eigenvalue weighted by Gasteiger charge is -2.33. The molecule has 5 rings (SSSR count). The molecule has 1 saturated heterocycles. The Morgan fingerprint density at radius 2 is 1.87 bits per heavy atom. The highest BCUT2D eigenvalue weighted by Crippen LogP contribution is 2.31. The van der Waals surface area contributed by atoms with Gasteiger partial charge >= 0.3 is 0 Å². The summed E-state index contributed by atoms with van der Waals surface area (Å²) in [6.07, 6.45) is 7.00. The highest BCUT2D eigenvalue weighted by Gasteiger charge is 2.37. The van der Waals surface area contributed by atoms with E-state index in [2.05, 4.69) is 59.5 Å². The monoisotopic (exact) mass is 421 g/mol. The van der Waals surface area contributed by atoms with Gasteiger partial charge in [0, 0.05) is 0 Å². The predicted molar refractivity (Wildman–Crippen MR) is 120 cm³/mol. The first-order valence-corrected chi connectivity index (χ1v) is 11.8. The molecule has 2 aromatic heterocycles. The predicted octanol–water partition coefficient (Wildman–Crippen LogP) is 2.65. The van der Waals surface area contributed by atoms with Crippen molar-refractivity contribution >= 4 is 10.9 Å². The van der Waals surface area contributed by atoms with Gasteiger partial charge in [-0.05, 0) is 78.5 Å². The summed E-state index contributed by atoms with van der Waals surface area (Å²) in [6.45, 7) is 8.55. The molecule has 0 unspecified atom stereocenters. The lowest BCUT2D eigenvalue weighted by atomic mass is 9.94. The molecule has 1 aliphatic heterocycles. The van der Waals surface area contributed by atoms with E-state index in [1.54, 1.807) is 0 Å². The molecular weight excluding hydrogens is 388 g/mol. The van der Waals surface area contributed by atoms with Crippen LogP contribution in [0.4, 0.5) is 0 Å². The van der Waals surface area contributed by atoms with Crippen molar-refractivity contribution in [2.45, 2.75) is 71.4 Å². The van der Waals surface area contributed by atoms with Gasteiger partial charge in [-0.2, -0.15) is 0 Å². The number of hydrogen-bond acceptors (Lipinski definition) is 4. The number of H-pyrrole nitrogens is 1. The number of rotatable bonds is 4. The van der Waals surface area contributed by atoms with E-state index in [-0.39, 0.29) is 11.6 Å². The summed E-state index contributed by atoms with van der Waals surface area (Å²) < 4.78 is 2.03. The van der Waals surface area contributed by atoms with Crippen LogP contribution in [-0.4, -0.2) is 38.3 Å². The zero-order valence-corrected chi connectivity index (χ0v) is 18.8. The van der Waals surface area contributed by atoms with E-state index in [4.69, 9.17) is 0 Å². The number of fused-ring (bicyclic) bond motifs is 1. The van der Waals surface area contributed by atoms with E-state index >= 15 is 0 Å². The second-order valence-corrected chi connectivity index (χ2v) is 9.72. The van der Waals surface area contributed by atoms with E-state index in [0.29, 0.717) is 6.04 Å². The maximum atomic E-state index is 13.4. The van der Waals surface area contributed by atoms with Crippen molar-refractivity contribution in [2.75, 3.05) is 13.1 Å². The van der Waals surface area contributed by atoms with Crippen molar-refractivity contribution in [2.24, 2.45) is 5.92 Å². The number of pyridine rings is 1. The van der Waals surface area contributed by atoms with Gasteiger partial charge in [0.2, 0.25) is 5.82 Å². The molecule has 2 fully saturated rings. The first-order chi connectivity index (χ1) is 15.0. The lowest BCUT2D eigenvalue weighted by molar-refractivity contribution is -0.932. The van der Waals surface area contributed by atoms with Crippen LogP contribution in [0.3, 0.4) is 0 Å². The highest BCUT2D eigenvalue weighted by molar-refractivity contribution is 5.83. The number of tetrazole rings is 1. The van der Waals surface area contributed by atoms with E-state index in [1.807, 2.05) is 4.68 Å². The number of aromatic amines is 1. The number of piperidine rings is 1. The van der Waals surface area contributed by atoms with E-state index < -0.39 is 0 Å². The SMILES string of the molecule is Cc1ccc2cc([C@@H](c3nnnn3C3CCCC3)[NH+]3CCC(C)CC3)c(=O)[nH]c2c1C. The van der Waals surface area contributed by atoms with Gasteiger partial charge in [-0.1, -0.05) is 31.9 Å². The standard InChI is InChI=1S/C24H32N6O/c1-15-10-12-29(13-11-15)22(23-26-27-28-30(23)19-6-4-5-7-19)20-14-18-9-8-16(2)17(3)21(18)25-24(20)31/h8-9,14-15,19,22H,4-7,10-13H2,1-3H3,(H,25,31)/p+1/t22-/m0/s1. The quantitative estimate of drug-likeness (QED) is 0.679. The highest BCUT2D eigenvalue weighted by atomic mass is 16.1. The van der Waals surface area contributed by atoms with Gasteiger partial charge in [0.05, 0.1) is 30.2 Å². The first kappa shape index (κ1) is 20.4. The Balaban J connectivity index is 1.65. The van der Waals surface area contributed by atoms with Gasteiger partial charge in [-0.25, -0.2) is 4.68 Å². The number of hydrogen-bond donors (Lipinski definition) is 2. The molecule has 3 heterocycles. The normalized spacial score (nSPS) is 23.5. The summed E-state index contributed by atoms with van der Waals surface area (Å²) in [5.41, 5.74) is 4.03. The summed E-state index contributed by atoms with van der Waals surface area (Å²) in [5.74, 6) is 1.58. The number of likely N-dealkylation sites (tertiary alicyclic amines) is 1. The molecule has 2 N–H and O–H groups in total. The summed E-state index contributed by atoms with van der Waals surface area (Å²) in [6, 6.07) is 6.54. The van der Waals surface area contributed by atoms with Gasteiger partial charge < -0.3 is 9.88 Å². The maximum Gasteiger partial charge on any atom is 0.258 e. The van der Waals surface area contributed by atoms with Crippen LogP contribution in [-0.2, 0) is 0 Å². The smallest absolute Gasteiger partial charge is 0.258 e. The molecule has 0 spiro atoms. The molecule has 164 valence electrons. The van der Waals surface area contributed by atoms with E-state index in [9.17, 15) is 4.79 Å². The molecule has 7 nitrogen and oxygen atoms in total. The third-order valence-electron chi connectivity index (χ3n) is 7.66. The second kappa shape index (κ2) is 8.19. The summed E-state index contributed by atoms with van der Waals surface area (Å²) in [5, 5.41) is 14.1. The molecule has 7 heteroatoms. The largest absolute Gasteiger partial charge is 0.322 e. The van der Waals surface area contributed by atoms with Crippen LogP contribution in [0.15, 0.2) is 23.0 Å². The summed E-state index contributed by atoms with van der Waals surface area (Å²) in [7, 11) is 0. The van der Waals surface area contributed by atoms with Gasteiger partial charge in [0.15, 0.2) is 6.04 Å². The Morgan fingerprint density at radius 1 is 1.13 bits per heavy atom. The molecule has 3 aromatic rings. The van der Waals surface area contributed by atoms with Gasteiger partial charge in [0.25, 0.3) is 5.56 Å². The average Bonchev–Trinajstić information content (AvgIpc) is 3.45. The molecule has 1 aromatic carbocycles. The minimum absolute atomic E-state index is 0.0155. The Bertz CT molecular complexity index is 1130. The van der Waals surface area contributed by atoms with Crippen molar-refractivity contribution in [3.63, 3.8) is 0 Å². The molecule has 1 atom stereocenters. The number of aromatic nitrogens is 5. The van der Waals surface area contributed by atoms with Crippen molar-refractivity contribution in [3.05, 3.63) is 51.1 Å². The molecule has 2 aliphatic rings. The molecule has 0 amide bonds. The Labute approximate surface area is 182 Å². The first-order valence-electron chi connectivity index (χ1n) is 11.8. The topological polar surface area (TPSA) is 80.9 Å². The van der Waals surface area contributed by atoms with Crippen LogP contribution in [0, 0.1) is 19.8 Å². The van der Waals surface area contributed by atoms with Crippen LogP contribution in [0.1, 0.15) is 80.0 Å². The summed E-state index contributed by atoms with van der Waals surface area (Å²) in [4.78, 5) is 18.0. The third-order valence-corrected chi connectivity index (χ3v) is 7.66. The Hall–Kier alpha value is -2.54. The van der Waals surface area contributed by atoms with Crippen LogP contribution in [0.5, 0.6) is 0 Å². The number of nitrogens with zero attached hydrogens (tertiary/aromatic N) is 4. The molecule has 31 heavy (non-hydrogen) atoms. The molecule has 0 radical (unpaired) electrons. The van der Waals surface area contributed by atoms with Gasteiger partial charge in [-0.15, -0.1) is 5.10 Å². The number of aryl methyl sites for hydroxylation is 2. The fraction of sp³-hybridized carbons (Fsp3) is 0.583. The molecular formula is C24H33N6O+. The van der Waals surface area contributed by atoms with Crippen molar-refractivity contribution < 1.29 is 4.90 Å². The molecule has 1 saturated carbocycles. The minimum atomic E-state index is -0.141. The van der Waals surface area contributed by atoms with Crippen LogP contribution >= 0.6 is 0 Å². The zero-order valence-electron chi connectivity index (χ0n) is 18.8. The number of nitrogens with one attached hydrogen (secondary N) is 2. The fourth-order valence-corrected chi connectivity index (χ4v) is 5.52. The Morgan fingerprint density at radius 3 is 2.61 bits per heavy atom. The third kappa shape index (κ3) is 3.69. The maximum absolute atomic E-state index is 13.4. The van der Waals surface area contributed by atoms with Crippen molar-refractivity contribution in [3.8, 4) is 0 Å². The number of quaternary nitrogens is 1. The zero-order chi connectivity index (χ0) is 21.5. The van der Waals surface area contributed by atoms with Crippen molar-refractivity contribution in [1.82, 2.24) is 25.2 Å². The van der Waals surface area contributed by atoms with Gasteiger partial charge in [0.1, 0.15) is 0 Å². The van der Waals surface area contributed by atoms with Crippen molar-refractivity contribution in [1.29, 1.82) is 0 Å². The van der Waals surface area contributed by atoms with Crippen LogP contribution in [0.2, 0.25) is 0 Å². The summed E-state index contributed by atoms with van der Waals surface area (Å²) >= 11 is 0. The second-order valence-electron chi connectivity index (χ2n) is 9.72. The average molecular weight is 422 g/mol. The lowest BCUT2D eigenvalue weighted by Crippen LogP contribution is -3.13. The van der Waals surface area contributed by atoms with Crippen LogP contribution < -0.4 is 10.5 Å². The van der Waals surface area contributed by atoms with Gasteiger partial charge in [-0.3, -0.25) is 4.79 Å². The number of benzene rings is 1.